The van der Waals surface area contributed by atoms with Crippen LogP contribution in [0.1, 0.15) is 11.3 Å². The van der Waals surface area contributed by atoms with Gasteiger partial charge in [0.15, 0.2) is 5.17 Å². The number of furan rings is 1. The molecule has 1 aliphatic heterocycles. The van der Waals surface area contributed by atoms with Gasteiger partial charge < -0.3 is 9.73 Å². The highest BCUT2D eigenvalue weighted by atomic mass is 35.5. The quantitative estimate of drug-likeness (QED) is 0.487. The van der Waals surface area contributed by atoms with Crippen LogP contribution in [0.3, 0.4) is 0 Å². The average molecular weight is 429 g/mol. The fourth-order valence-electron chi connectivity index (χ4n) is 2.64. The van der Waals surface area contributed by atoms with Crippen LogP contribution in [0.5, 0.6) is 0 Å². The highest BCUT2D eigenvalue weighted by Gasteiger charge is 2.24. The van der Waals surface area contributed by atoms with Crippen molar-refractivity contribution in [3.63, 3.8) is 0 Å². The predicted octanol–water partition coefficient (Wildman–Crippen LogP) is 6.45. The molecule has 0 spiro atoms. The highest BCUT2D eigenvalue weighted by molar-refractivity contribution is 8.18. The van der Waals surface area contributed by atoms with Gasteiger partial charge in [-0.05, 0) is 72.8 Å². The summed E-state index contributed by atoms with van der Waals surface area (Å²) in [7, 11) is 0. The smallest absolute Gasteiger partial charge is 0.264 e. The molecule has 4 nitrogen and oxygen atoms in total. The van der Waals surface area contributed by atoms with Gasteiger partial charge >= 0.3 is 0 Å². The van der Waals surface area contributed by atoms with E-state index >= 15 is 0 Å². The Morgan fingerprint density at radius 2 is 1.86 bits per heavy atom. The predicted molar refractivity (Wildman–Crippen MR) is 116 cm³/mol. The van der Waals surface area contributed by atoms with E-state index in [9.17, 15) is 4.79 Å². The maximum absolute atomic E-state index is 12.3. The number of rotatable bonds is 3. The third-order valence-electron chi connectivity index (χ3n) is 4.14. The minimum atomic E-state index is -0.215. The summed E-state index contributed by atoms with van der Waals surface area (Å²) in [6, 6.07) is 16.5. The lowest BCUT2D eigenvalue weighted by molar-refractivity contribution is -0.115. The fourth-order valence-corrected chi connectivity index (χ4v) is 3.75. The summed E-state index contributed by atoms with van der Waals surface area (Å²) in [6.07, 6.45) is 1.70. The zero-order valence-corrected chi connectivity index (χ0v) is 17.0. The number of aliphatic imine (C=N–C) groups is 1. The number of amides is 1. The molecule has 140 valence electrons. The Morgan fingerprint density at radius 3 is 2.64 bits per heavy atom. The van der Waals surface area contributed by atoms with Gasteiger partial charge in [-0.3, -0.25) is 4.79 Å². The summed E-state index contributed by atoms with van der Waals surface area (Å²) in [5.74, 6) is 1.08. The summed E-state index contributed by atoms with van der Waals surface area (Å²) in [5.41, 5.74) is 2.50. The van der Waals surface area contributed by atoms with Crippen molar-refractivity contribution < 1.29 is 9.21 Å². The number of amidine groups is 1. The molecule has 0 radical (unpaired) electrons. The van der Waals surface area contributed by atoms with Crippen molar-refractivity contribution in [3.8, 4) is 11.3 Å². The maximum atomic E-state index is 12.3. The molecule has 28 heavy (non-hydrogen) atoms. The summed E-state index contributed by atoms with van der Waals surface area (Å²) in [4.78, 5) is 17.3. The van der Waals surface area contributed by atoms with E-state index in [1.807, 2.05) is 49.4 Å². The lowest BCUT2D eigenvalue weighted by Crippen LogP contribution is -2.19. The number of nitrogens with one attached hydrogen (secondary N) is 1. The number of benzene rings is 2. The molecule has 0 aliphatic carbocycles. The molecule has 0 bridgehead atoms. The molecule has 1 fully saturated rings. The molecule has 1 aromatic heterocycles. The Hall–Kier alpha value is -2.47. The Kier molecular flexibility index (Phi) is 5.31. The van der Waals surface area contributed by atoms with E-state index in [1.54, 1.807) is 18.2 Å². The van der Waals surface area contributed by atoms with E-state index in [0.717, 1.165) is 16.8 Å². The van der Waals surface area contributed by atoms with Gasteiger partial charge in [0.05, 0.1) is 10.6 Å². The van der Waals surface area contributed by atoms with E-state index in [0.29, 0.717) is 31.6 Å². The van der Waals surface area contributed by atoms with Crippen molar-refractivity contribution in [2.75, 3.05) is 0 Å². The summed E-state index contributed by atoms with van der Waals surface area (Å²) < 4.78 is 5.84. The molecule has 1 saturated heterocycles. The van der Waals surface area contributed by atoms with Gasteiger partial charge in [-0.25, -0.2) is 4.99 Å². The van der Waals surface area contributed by atoms with E-state index < -0.39 is 0 Å². The van der Waals surface area contributed by atoms with Crippen molar-refractivity contribution in [1.82, 2.24) is 5.32 Å². The third-order valence-corrected chi connectivity index (χ3v) is 5.71. The van der Waals surface area contributed by atoms with E-state index in [-0.39, 0.29) is 5.91 Å². The van der Waals surface area contributed by atoms with Crippen LogP contribution in [-0.4, -0.2) is 11.1 Å². The molecule has 2 heterocycles. The number of nitrogens with zero attached hydrogens (tertiary/aromatic N) is 1. The van der Waals surface area contributed by atoms with Crippen LogP contribution in [0, 0.1) is 6.92 Å². The minimum absolute atomic E-state index is 0.215. The molecule has 3 aromatic rings. The molecule has 0 atom stereocenters. The second-order valence-corrected chi connectivity index (χ2v) is 7.95. The van der Waals surface area contributed by atoms with Gasteiger partial charge in [0, 0.05) is 21.7 Å². The van der Waals surface area contributed by atoms with Gasteiger partial charge in [0.1, 0.15) is 11.5 Å². The number of hydrogen-bond acceptors (Lipinski definition) is 4. The Morgan fingerprint density at radius 1 is 1.07 bits per heavy atom. The first-order valence-corrected chi connectivity index (χ1v) is 9.97. The van der Waals surface area contributed by atoms with E-state index in [4.69, 9.17) is 27.6 Å². The molecule has 0 saturated carbocycles. The largest absolute Gasteiger partial charge is 0.457 e. The second kappa shape index (κ2) is 7.87. The summed E-state index contributed by atoms with van der Waals surface area (Å²) in [5, 5.41) is 4.58. The van der Waals surface area contributed by atoms with Crippen LogP contribution in [0.15, 0.2) is 68.9 Å². The molecule has 1 aliphatic rings. The van der Waals surface area contributed by atoms with E-state index in [2.05, 4.69) is 10.3 Å². The summed E-state index contributed by atoms with van der Waals surface area (Å²) in [6.45, 7) is 1.89. The Labute approximate surface area is 176 Å². The van der Waals surface area contributed by atoms with Gasteiger partial charge in [0.25, 0.3) is 5.91 Å². The SMILES string of the molecule is Cc1c(Cl)cccc1N=C1NC(=O)/C(=C\c2ccc(-c3ccc(Cl)cc3)o2)S1. The van der Waals surface area contributed by atoms with Crippen LogP contribution in [-0.2, 0) is 4.79 Å². The lowest BCUT2D eigenvalue weighted by Gasteiger charge is -2.02. The van der Waals surface area contributed by atoms with Crippen molar-refractivity contribution >= 4 is 57.8 Å². The molecule has 7 heteroatoms. The van der Waals surface area contributed by atoms with Gasteiger partial charge in [0.2, 0.25) is 0 Å². The molecule has 1 N–H and O–H groups in total. The van der Waals surface area contributed by atoms with Crippen molar-refractivity contribution in [2.45, 2.75) is 6.92 Å². The third kappa shape index (κ3) is 4.02. The molecular formula is C21H14Cl2N2O2S. The van der Waals surface area contributed by atoms with E-state index in [1.165, 1.54) is 11.8 Å². The minimum Gasteiger partial charge on any atom is -0.457 e. The van der Waals surface area contributed by atoms with Crippen molar-refractivity contribution in [2.24, 2.45) is 4.99 Å². The monoisotopic (exact) mass is 428 g/mol. The molecule has 0 unspecified atom stereocenters. The maximum Gasteiger partial charge on any atom is 0.264 e. The average Bonchev–Trinajstić information content (AvgIpc) is 3.27. The summed E-state index contributed by atoms with van der Waals surface area (Å²) >= 11 is 13.3. The van der Waals surface area contributed by atoms with Gasteiger partial charge in [-0.2, -0.15) is 0 Å². The molecule has 1 amide bonds. The standard InChI is InChI=1S/C21H14Cl2N2O2S/c1-12-16(23)3-2-4-17(12)24-21-25-20(26)19(28-21)11-15-9-10-18(27-15)13-5-7-14(22)8-6-13/h2-11H,1H3,(H,24,25,26)/b19-11+. The topological polar surface area (TPSA) is 54.6 Å². The van der Waals surface area contributed by atoms with Crippen LogP contribution < -0.4 is 5.32 Å². The lowest BCUT2D eigenvalue weighted by atomic mass is 10.2. The first kappa shape index (κ1) is 18.9. The normalized spacial score (nSPS) is 16.8. The van der Waals surface area contributed by atoms with Crippen molar-refractivity contribution in [3.05, 3.63) is 80.9 Å². The number of hydrogen-bond donors (Lipinski definition) is 1. The zero-order valence-electron chi connectivity index (χ0n) is 14.7. The Balaban J connectivity index is 1.56. The van der Waals surface area contributed by atoms with Gasteiger partial charge in [-0.15, -0.1) is 0 Å². The van der Waals surface area contributed by atoms with Crippen LogP contribution in [0.25, 0.3) is 17.4 Å². The van der Waals surface area contributed by atoms with Gasteiger partial charge in [-0.1, -0.05) is 29.3 Å². The fraction of sp³-hybridized carbons (Fsp3) is 0.0476. The van der Waals surface area contributed by atoms with Crippen LogP contribution in [0.4, 0.5) is 5.69 Å². The zero-order chi connectivity index (χ0) is 19.7. The van der Waals surface area contributed by atoms with Crippen molar-refractivity contribution in [1.29, 1.82) is 0 Å². The molecule has 4 rings (SSSR count). The van der Waals surface area contributed by atoms with Crippen LogP contribution >= 0.6 is 35.0 Å². The molecular weight excluding hydrogens is 415 g/mol. The first-order chi connectivity index (χ1) is 13.5. The van der Waals surface area contributed by atoms with Crippen LogP contribution in [0.2, 0.25) is 10.0 Å². The number of carbonyl (C=O) groups is 1. The number of carbonyl (C=O) groups excluding carboxylic acids is 1. The Bertz CT molecular complexity index is 1120. The highest BCUT2D eigenvalue weighted by Crippen LogP contribution is 2.32. The number of thioether (sulfide) groups is 1. The first-order valence-electron chi connectivity index (χ1n) is 8.40. The molecule has 2 aromatic carbocycles. The second-order valence-electron chi connectivity index (χ2n) is 6.07. The number of halogens is 2.